The fourth-order valence-electron chi connectivity index (χ4n) is 2.72. The van der Waals surface area contributed by atoms with E-state index in [1.165, 1.54) is 0 Å². The van der Waals surface area contributed by atoms with Crippen LogP contribution in [-0.2, 0) is 16.0 Å². The Morgan fingerprint density at radius 3 is 2.23 bits per heavy atom. The molecule has 0 saturated heterocycles. The van der Waals surface area contributed by atoms with Gasteiger partial charge in [-0.2, -0.15) is 18.3 Å². The van der Waals surface area contributed by atoms with E-state index in [1.54, 1.807) is 0 Å². The summed E-state index contributed by atoms with van der Waals surface area (Å²) in [6, 6.07) is 4.96. The molecule has 3 rings (SSSR count). The predicted octanol–water partition coefficient (Wildman–Crippen LogP) is 5.18. The zero-order valence-electron chi connectivity index (χ0n) is 14.9. The van der Waals surface area contributed by atoms with Crippen LogP contribution in [0.5, 0.6) is 0 Å². The normalized spacial score (nSPS) is 12.6. The smallest absolute Gasteiger partial charge is 0.233 e. The molecule has 3 aromatic rings. The molecule has 1 aromatic heterocycles. The molecular formula is C18H11F7N2O2S. The molecule has 0 aliphatic rings. The lowest BCUT2D eigenvalue weighted by atomic mass is 10.1. The molecule has 0 spiro atoms. The van der Waals surface area contributed by atoms with E-state index in [0.29, 0.717) is 35.2 Å². The van der Waals surface area contributed by atoms with Crippen LogP contribution in [0.3, 0.4) is 0 Å². The van der Waals surface area contributed by atoms with E-state index in [0.717, 1.165) is 18.2 Å². The second-order valence-electron chi connectivity index (χ2n) is 6.25. The third-order valence-corrected chi connectivity index (χ3v) is 5.18. The second-order valence-corrected chi connectivity index (χ2v) is 8.23. The molecule has 0 N–H and O–H groups in total. The van der Waals surface area contributed by atoms with Gasteiger partial charge in [-0.1, -0.05) is 6.07 Å². The average molecular weight is 452 g/mol. The fraction of sp³-hybridized carbons (Fsp3) is 0.167. The monoisotopic (exact) mass is 452 g/mol. The fourth-order valence-corrected chi connectivity index (χ4v) is 3.45. The van der Waals surface area contributed by atoms with Crippen molar-refractivity contribution in [2.45, 2.75) is 17.5 Å². The molecule has 1 heterocycles. The Labute approximate surface area is 165 Å². The highest BCUT2D eigenvalue weighted by atomic mass is 32.2. The first-order chi connectivity index (χ1) is 13.8. The summed E-state index contributed by atoms with van der Waals surface area (Å²) in [5.41, 5.74) is -3.48. The minimum Gasteiger partial charge on any atom is -0.233 e. The first kappa shape index (κ1) is 21.8. The van der Waals surface area contributed by atoms with Gasteiger partial charge in [0.05, 0.1) is 16.9 Å². The lowest BCUT2D eigenvalue weighted by Gasteiger charge is -2.12. The Morgan fingerprint density at radius 1 is 1.00 bits per heavy atom. The van der Waals surface area contributed by atoms with Crippen LogP contribution >= 0.6 is 0 Å². The number of nitrogens with zero attached hydrogens (tertiary/aromatic N) is 2. The third-order valence-electron chi connectivity index (χ3n) is 4.07. The highest BCUT2D eigenvalue weighted by Gasteiger charge is 2.31. The zero-order chi connectivity index (χ0) is 22.4. The first-order valence-electron chi connectivity index (χ1n) is 8.04. The van der Waals surface area contributed by atoms with Crippen LogP contribution in [-0.4, -0.2) is 24.5 Å². The molecule has 0 fully saturated rings. The topological polar surface area (TPSA) is 52.0 Å². The number of benzene rings is 2. The minimum absolute atomic E-state index is 0.335. The molecule has 0 saturated carbocycles. The molecule has 0 unspecified atom stereocenters. The Kier molecular flexibility index (Phi) is 5.39. The van der Waals surface area contributed by atoms with Crippen molar-refractivity contribution in [3.8, 4) is 16.9 Å². The van der Waals surface area contributed by atoms with Gasteiger partial charge >= 0.3 is 6.18 Å². The lowest BCUT2D eigenvalue weighted by molar-refractivity contribution is -0.137. The zero-order valence-corrected chi connectivity index (χ0v) is 15.7. The maximum Gasteiger partial charge on any atom is 0.416 e. The Morgan fingerprint density at radius 2 is 1.67 bits per heavy atom. The summed E-state index contributed by atoms with van der Waals surface area (Å²) >= 11 is 0. The molecule has 0 aliphatic carbocycles. The van der Waals surface area contributed by atoms with Gasteiger partial charge in [-0.05, 0) is 36.4 Å². The van der Waals surface area contributed by atoms with Gasteiger partial charge < -0.3 is 0 Å². The molecule has 12 heteroatoms. The van der Waals surface area contributed by atoms with Crippen molar-refractivity contribution in [3.05, 3.63) is 65.4 Å². The number of aromatic nitrogens is 2. The van der Waals surface area contributed by atoms with E-state index in [1.807, 2.05) is 0 Å². The van der Waals surface area contributed by atoms with Gasteiger partial charge in [0, 0.05) is 11.8 Å². The van der Waals surface area contributed by atoms with Crippen molar-refractivity contribution in [1.29, 1.82) is 0 Å². The van der Waals surface area contributed by atoms with E-state index in [2.05, 4.69) is 5.10 Å². The molecule has 0 bridgehead atoms. The van der Waals surface area contributed by atoms with Crippen LogP contribution in [0.25, 0.3) is 16.9 Å². The summed E-state index contributed by atoms with van der Waals surface area (Å²) in [5.74, 6) is -2.64. The van der Waals surface area contributed by atoms with E-state index in [4.69, 9.17) is 0 Å². The van der Waals surface area contributed by atoms with Gasteiger partial charge in [0.15, 0.2) is 9.84 Å². The molecule has 160 valence electrons. The molecule has 30 heavy (non-hydrogen) atoms. The van der Waals surface area contributed by atoms with Gasteiger partial charge in [0.2, 0.25) is 0 Å². The van der Waals surface area contributed by atoms with Gasteiger partial charge in [0.1, 0.15) is 22.2 Å². The van der Waals surface area contributed by atoms with Crippen molar-refractivity contribution < 1.29 is 39.2 Å². The van der Waals surface area contributed by atoms with E-state index < -0.39 is 61.5 Å². The molecular weight excluding hydrogens is 441 g/mol. The summed E-state index contributed by atoms with van der Waals surface area (Å²) in [6.45, 7) is 0. The second kappa shape index (κ2) is 7.42. The van der Waals surface area contributed by atoms with Crippen molar-refractivity contribution in [1.82, 2.24) is 9.78 Å². The van der Waals surface area contributed by atoms with Gasteiger partial charge in [-0.15, -0.1) is 0 Å². The molecule has 2 aromatic carbocycles. The number of hydrogen-bond donors (Lipinski definition) is 0. The number of rotatable bonds is 4. The molecule has 4 nitrogen and oxygen atoms in total. The summed E-state index contributed by atoms with van der Waals surface area (Å²) in [7, 11) is -4.13. The lowest BCUT2D eigenvalue weighted by Crippen LogP contribution is -2.08. The molecule has 0 atom stereocenters. The van der Waals surface area contributed by atoms with Gasteiger partial charge in [-0.3, -0.25) is 0 Å². The number of halogens is 7. The van der Waals surface area contributed by atoms with Crippen molar-refractivity contribution in [2.24, 2.45) is 0 Å². The molecule has 0 radical (unpaired) electrons. The van der Waals surface area contributed by atoms with Crippen molar-refractivity contribution in [3.63, 3.8) is 0 Å². The van der Waals surface area contributed by atoms with Crippen molar-refractivity contribution in [2.75, 3.05) is 6.26 Å². The number of alkyl halides is 5. The van der Waals surface area contributed by atoms with Crippen LogP contribution in [0.4, 0.5) is 30.7 Å². The largest absolute Gasteiger partial charge is 0.416 e. The van der Waals surface area contributed by atoms with Crippen LogP contribution in [0, 0.1) is 11.6 Å². The van der Waals surface area contributed by atoms with E-state index in [-0.39, 0.29) is 5.69 Å². The maximum atomic E-state index is 14.6. The maximum absolute atomic E-state index is 14.6. The number of hydrogen-bond acceptors (Lipinski definition) is 3. The Hall–Kier alpha value is -2.89. The number of sulfone groups is 1. The summed E-state index contributed by atoms with van der Waals surface area (Å²) in [5, 5.41) is 3.51. The first-order valence-corrected chi connectivity index (χ1v) is 9.93. The highest BCUT2D eigenvalue weighted by Crippen LogP contribution is 2.34. The summed E-state index contributed by atoms with van der Waals surface area (Å²) in [4.78, 5) is -0.956. The molecule has 0 aliphatic heterocycles. The van der Waals surface area contributed by atoms with Crippen LogP contribution in [0.15, 0.2) is 47.4 Å². The molecule has 0 amide bonds. The summed E-state index contributed by atoms with van der Waals surface area (Å²) < 4.78 is 118. The van der Waals surface area contributed by atoms with Gasteiger partial charge in [0.25, 0.3) is 6.43 Å². The van der Waals surface area contributed by atoms with Crippen molar-refractivity contribution >= 4 is 9.84 Å². The third kappa shape index (κ3) is 4.18. The average Bonchev–Trinajstić information content (AvgIpc) is 3.07. The Balaban J connectivity index is 2.27. The minimum atomic E-state index is -4.75. The Bertz CT molecular complexity index is 1220. The van der Waals surface area contributed by atoms with Crippen LogP contribution < -0.4 is 0 Å². The van der Waals surface area contributed by atoms with Crippen LogP contribution in [0.1, 0.15) is 17.7 Å². The predicted molar refractivity (Wildman–Crippen MR) is 92.0 cm³/mol. The summed E-state index contributed by atoms with van der Waals surface area (Å²) in [6.07, 6.45) is -7.26. The van der Waals surface area contributed by atoms with E-state index >= 15 is 0 Å². The quantitative estimate of drug-likeness (QED) is 0.513. The standard InChI is InChI=1S/C18H11F7N2O2S/c1-30(28,29)16-7-12(19)11(6-13(16)20)15-8-14(17(21)22)26-27(15)10-4-2-3-9(5-10)18(23,24)25/h2-8,17H,1H3. The van der Waals surface area contributed by atoms with Gasteiger partial charge in [-0.25, -0.2) is 30.7 Å². The SMILES string of the molecule is CS(=O)(=O)c1cc(F)c(-c2cc(C(F)F)nn2-c2cccc(C(F)(F)F)c2)cc1F. The van der Waals surface area contributed by atoms with E-state index in [9.17, 15) is 39.2 Å². The highest BCUT2D eigenvalue weighted by molar-refractivity contribution is 7.90. The van der Waals surface area contributed by atoms with Crippen LogP contribution in [0.2, 0.25) is 0 Å².